The molecule has 2 aliphatic heterocycles. The van der Waals surface area contributed by atoms with E-state index in [2.05, 4.69) is 30.9 Å². The van der Waals surface area contributed by atoms with Gasteiger partial charge in [-0.3, -0.25) is 9.78 Å². The molecule has 0 spiro atoms. The molecule has 1 aliphatic carbocycles. The number of hydrogen-bond donors (Lipinski definition) is 0. The van der Waals surface area contributed by atoms with Crippen LogP contribution in [0.15, 0.2) is 43.1 Å². The zero-order valence-corrected chi connectivity index (χ0v) is 15.6. The summed E-state index contributed by atoms with van der Waals surface area (Å²) in [5.41, 5.74) is 3.23. The van der Waals surface area contributed by atoms with Gasteiger partial charge in [-0.15, -0.1) is 0 Å². The largest absolute Gasteiger partial charge is 0.351 e. The fourth-order valence-electron chi connectivity index (χ4n) is 4.84. The van der Waals surface area contributed by atoms with Gasteiger partial charge in [-0.2, -0.15) is 5.10 Å². The Labute approximate surface area is 163 Å². The fourth-order valence-corrected chi connectivity index (χ4v) is 4.84. The molecule has 3 aliphatic rings. The average molecular weight is 374 g/mol. The van der Waals surface area contributed by atoms with Crippen LogP contribution in [0.25, 0.3) is 16.6 Å². The highest BCUT2D eigenvalue weighted by Crippen LogP contribution is 2.39. The lowest BCUT2D eigenvalue weighted by atomic mass is 10.1. The molecule has 3 aromatic heterocycles. The molecule has 0 aromatic carbocycles. The van der Waals surface area contributed by atoms with Crippen molar-refractivity contribution >= 4 is 17.2 Å². The Morgan fingerprint density at radius 1 is 1.00 bits per heavy atom. The summed E-state index contributed by atoms with van der Waals surface area (Å²) in [6.45, 7) is 1.72. The highest BCUT2D eigenvalue weighted by molar-refractivity contribution is 5.83. The van der Waals surface area contributed by atoms with Crippen molar-refractivity contribution in [2.24, 2.45) is 5.92 Å². The van der Waals surface area contributed by atoms with Gasteiger partial charge in [0.05, 0.1) is 0 Å². The van der Waals surface area contributed by atoms with Crippen LogP contribution in [-0.2, 0) is 4.79 Å². The maximum Gasteiger partial charge on any atom is 0.226 e. The van der Waals surface area contributed by atoms with Crippen LogP contribution in [0.5, 0.6) is 0 Å². The number of nitrogens with zero attached hydrogens (tertiary/aromatic N) is 6. The molecule has 7 nitrogen and oxygen atoms in total. The second-order valence-electron chi connectivity index (χ2n) is 8.19. The van der Waals surface area contributed by atoms with Crippen molar-refractivity contribution in [3.8, 4) is 11.1 Å². The van der Waals surface area contributed by atoms with E-state index in [1.807, 2.05) is 22.8 Å². The molecule has 28 heavy (non-hydrogen) atoms. The Morgan fingerprint density at radius 2 is 1.75 bits per heavy atom. The van der Waals surface area contributed by atoms with E-state index in [1.165, 1.54) is 0 Å². The summed E-state index contributed by atoms with van der Waals surface area (Å²) < 4.78 is 1.90. The Balaban J connectivity index is 1.33. The number of piperazine rings is 1. The fraction of sp³-hybridized carbons (Fsp3) is 0.429. The third kappa shape index (κ3) is 2.49. The smallest absolute Gasteiger partial charge is 0.226 e. The minimum Gasteiger partial charge on any atom is -0.351 e. The van der Waals surface area contributed by atoms with E-state index in [-0.39, 0.29) is 0 Å². The average Bonchev–Trinajstić information content (AvgIpc) is 3.43. The van der Waals surface area contributed by atoms with Gasteiger partial charge >= 0.3 is 0 Å². The molecule has 6 rings (SSSR count). The molecule has 2 unspecified atom stereocenters. The molecule has 1 saturated carbocycles. The SMILES string of the molecule is O=C(C1CC1)N1C2CCC1CN(c1ncnn3cc(-c4ccncc4)cc13)C2. The predicted molar refractivity (Wildman–Crippen MR) is 105 cm³/mol. The van der Waals surface area contributed by atoms with Gasteiger partial charge in [0.2, 0.25) is 5.91 Å². The molecule has 2 bridgehead atoms. The van der Waals surface area contributed by atoms with E-state index in [0.717, 1.165) is 61.2 Å². The monoisotopic (exact) mass is 374 g/mol. The number of anilines is 1. The minimum atomic E-state index is 0.300. The number of amides is 1. The van der Waals surface area contributed by atoms with Gasteiger partial charge in [-0.25, -0.2) is 9.50 Å². The molecule has 2 saturated heterocycles. The maximum absolute atomic E-state index is 12.7. The normalized spacial score (nSPS) is 24.1. The van der Waals surface area contributed by atoms with Crippen molar-refractivity contribution in [2.45, 2.75) is 37.8 Å². The molecular weight excluding hydrogens is 352 g/mol. The topological polar surface area (TPSA) is 66.6 Å². The van der Waals surface area contributed by atoms with Crippen molar-refractivity contribution in [3.05, 3.63) is 43.1 Å². The standard InChI is InChI=1S/C21H22N6O/c28-21(15-1-2-15)27-17-3-4-18(27)12-25(11-17)20-19-9-16(10-26(19)24-13-23-20)14-5-7-22-8-6-14/h5-10,13,15,17-18H,1-4,11-12H2. The van der Waals surface area contributed by atoms with Crippen LogP contribution in [0, 0.1) is 5.92 Å². The van der Waals surface area contributed by atoms with Crippen LogP contribution in [0.1, 0.15) is 25.7 Å². The van der Waals surface area contributed by atoms with Crippen LogP contribution >= 0.6 is 0 Å². The second kappa shape index (κ2) is 6.02. The summed E-state index contributed by atoms with van der Waals surface area (Å²) in [5, 5.41) is 4.41. The summed E-state index contributed by atoms with van der Waals surface area (Å²) in [4.78, 5) is 26.0. The zero-order valence-electron chi connectivity index (χ0n) is 15.6. The minimum absolute atomic E-state index is 0.300. The predicted octanol–water partition coefficient (Wildman–Crippen LogP) is 2.38. The van der Waals surface area contributed by atoms with Crippen LogP contribution in [0.4, 0.5) is 5.82 Å². The van der Waals surface area contributed by atoms with E-state index in [9.17, 15) is 4.79 Å². The quantitative estimate of drug-likeness (QED) is 0.704. The van der Waals surface area contributed by atoms with Crippen LogP contribution < -0.4 is 4.90 Å². The number of carbonyl (C=O) groups is 1. The number of rotatable bonds is 3. The third-order valence-corrected chi connectivity index (χ3v) is 6.36. The molecule has 0 radical (unpaired) electrons. The van der Waals surface area contributed by atoms with Gasteiger partial charge in [0, 0.05) is 55.2 Å². The molecule has 7 heteroatoms. The summed E-state index contributed by atoms with van der Waals surface area (Å²) in [7, 11) is 0. The molecule has 2 atom stereocenters. The molecule has 142 valence electrons. The van der Waals surface area contributed by atoms with E-state index in [0.29, 0.717) is 23.9 Å². The van der Waals surface area contributed by atoms with Gasteiger partial charge in [0.15, 0.2) is 5.82 Å². The lowest BCUT2D eigenvalue weighted by molar-refractivity contribution is -0.135. The van der Waals surface area contributed by atoms with Crippen molar-refractivity contribution in [3.63, 3.8) is 0 Å². The Hall–Kier alpha value is -2.96. The van der Waals surface area contributed by atoms with Gasteiger partial charge in [0.1, 0.15) is 11.8 Å². The molecule has 3 aromatic rings. The first-order valence-electron chi connectivity index (χ1n) is 10.1. The molecule has 1 amide bonds. The third-order valence-electron chi connectivity index (χ3n) is 6.36. The van der Waals surface area contributed by atoms with Crippen molar-refractivity contribution in [2.75, 3.05) is 18.0 Å². The first-order valence-corrected chi connectivity index (χ1v) is 10.1. The van der Waals surface area contributed by atoms with Crippen LogP contribution in [0.2, 0.25) is 0 Å². The number of pyridine rings is 1. The van der Waals surface area contributed by atoms with Crippen molar-refractivity contribution in [1.82, 2.24) is 24.5 Å². The maximum atomic E-state index is 12.7. The molecule has 0 N–H and O–H groups in total. The number of hydrogen-bond acceptors (Lipinski definition) is 5. The zero-order chi connectivity index (χ0) is 18.7. The lowest BCUT2D eigenvalue weighted by Gasteiger charge is -2.41. The van der Waals surface area contributed by atoms with Gasteiger partial charge in [0.25, 0.3) is 0 Å². The van der Waals surface area contributed by atoms with Crippen LogP contribution in [0.3, 0.4) is 0 Å². The van der Waals surface area contributed by atoms with E-state index in [1.54, 1.807) is 18.7 Å². The van der Waals surface area contributed by atoms with Crippen molar-refractivity contribution in [1.29, 1.82) is 0 Å². The summed E-state index contributed by atoms with van der Waals surface area (Å²) >= 11 is 0. The Morgan fingerprint density at radius 3 is 2.46 bits per heavy atom. The van der Waals surface area contributed by atoms with Crippen molar-refractivity contribution < 1.29 is 4.79 Å². The van der Waals surface area contributed by atoms with Gasteiger partial charge < -0.3 is 9.80 Å². The highest BCUT2D eigenvalue weighted by atomic mass is 16.2. The van der Waals surface area contributed by atoms with E-state index in [4.69, 9.17) is 0 Å². The van der Waals surface area contributed by atoms with Crippen LogP contribution in [-0.4, -0.2) is 55.6 Å². The molecule has 5 heterocycles. The molecular formula is C21H22N6O. The second-order valence-corrected chi connectivity index (χ2v) is 8.19. The number of aromatic nitrogens is 4. The lowest BCUT2D eigenvalue weighted by Crippen LogP contribution is -2.56. The first-order chi connectivity index (χ1) is 13.8. The molecule has 3 fully saturated rings. The first kappa shape index (κ1) is 16.0. The van der Waals surface area contributed by atoms with Gasteiger partial charge in [-0.1, -0.05) is 0 Å². The summed E-state index contributed by atoms with van der Waals surface area (Å²) in [5.74, 6) is 1.65. The number of fused-ring (bicyclic) bond motifs is 3. The highest BCUT2D eigenvalue weighted by Gasteiger charge is 2.46. The number of carbonyl (C=O) groups excluding carboxylic acids is 1. The Kier molecular flexibility index (Phi) is 3.45. The van der Waals surface area contributed by atoms with E-state index >= 15 is 0 Å². The van der Waals surface area contributed by atoms with E-state index < -0.39 is 0 Å². The Bertz CT molecular complexity index is 1030. The van der Waals surface area contributed by atoms with Gasteiger partial charge in [-0.05, 0) is 49.4 Å². The summed E-state index contributed by atoms with van der Waals surface area (Å²) in [6.07, 6.45) is 11.6. The summed E-state index contributed by atoms with van der Waals surface area (Å²) in [6, 6.07) is 6.79.